The third-order valence-electron chi connectivity index (χ3n) is 3.60. The first-order valence-corrected chi connectivity index (χ1v) is 7.34. The van der Waals surface area contributed by atoms with Crippen LogP contribution in [0.4, 0.5) is 4.79 Å². The lowest BCUT2D eigenvalue weighted by Crippen LogP contribution is -2.46. The lowest BCUT2D eigenvalue weighted by atomic mass is 9.97. The van der Waals surface area contributed by atoms with Crippen molar-refractivity contribution in [1.82, 2.24) is 9.80 Å². The van der Waals surface area contributed by atoms with Crippen LogP contribution in [0.5, 0.6) is 0 Å². The largest absolute Gasteiger partial charge is 0.481 e. The van der Waals surface area contributed by atoms with E-state index in [1.807, 2.05) is 0 Å². The number of esters is 1. The second-order valence-electron chi connectivity index (χ2n) is 5.21. The number of likely N-dealkylation sites (tertiary alicyclic amines) is 1. The molecule has 21 heavy (non-hydrogen) atoms. The van der Waals surface area contributed by atoms with Crippen LogP contribution in [0.1, 0.15) is 32.6 Å². The predicted octanol–water partition coefficient (Wildman–Crippen LogP) is 1.18. The molecule has 0 saturated carbocycles. The molecule has 0 spiro atoms. The van der Waals surface area contributed by atoms with Crippen molar-refractivity contribution in [2.45, 2.75) is 32.6 Å². The molecule has 1 fully saturated rings. The Morgan fingerprint density at radius 2 is 1.90 bits per heavy atom. The third kappa shape index (κ3) is 5.61. The van der Waals surface area contributed by atoms with E-state index in [1.54, 1.807) is 18.9 Å². The second kappa shape index (κ2) is 8.49. The van der Waals surface area contributed by atoms with Gasteiger partial charge in [-0.15, -0.1) is 0 Å². The molecule has 1 aliphatic rings. The van der Waals surface area contributed by atoms with Crippen molar-refractivity contribution in [2.75, 3.05) is 33.3 Å². The smallest absolute Gasteiger partial charge is 0.319 e. The normalized spacial score (nSPS) is 15.6. The minimum atomic E-state index is -0.855. The van der Waals surface area contributed by atoms with Crippen molar-refractivity contribution < 1.29 is 24.2 Å². The Labute approximate surface area is 124 Å². The highest BCUT2D eigenvalue weighted by Crippen LogP contribution is 2.19. The highest BCUT2D eigenvalue weighted by atomic mass is 16.5. The van der Waals surface area contributed by atoms with Crippen LogP contribution in [0.2, 0.25) is 0 Å². The molecule has 0 aromatic rings. The zero-order valence-corrected chi connectivity index (χ0v) is 12.7. The summed E-state index contributed by atoms with van der Waals surface area (Å²) in [5.41, 5.74) is 0. The number of piperidine rings is 1. The standard InChI is InChI=1S/C14H24N2O5/c1-3-21-13(19)11-6-9-16(10-7-11)14(20)15(2)8-4-5-12(17)18/h11H,3-10H2,1-2H3,(H,17,18). The van der Waals surface area contributed by atoms with Crippen LogP contribution in [-0.2, 0) is 14.3 Å². The van der Waals surface area contributed by atoms with Gasteiger partial charge >= 0.3 is 18.0 Å². The van der Waals surface area contributed by atoms with Crippen LogP contribution >= 0.6 is 0 Å². The van der Waals surface area contributed by atoms with Crippen molar-refractivity contribution >= 4 is 18.0 Å². The van der Waals surface area contributed by atoms with E-state index >= 15 is 0 Å². The summed E-state index contributed by atoms with van der Waals surface area (Å²) in [6.07, 6.45) is 1.74. The van der Waals surface area contributed by atoms with E-state index in [0.717, 1.165) is 0 Å². The first kappa shape index (κ1) is 17.3. The molecule has 1 heterocycles. The number of aliphatic carboxylic acids is 1. The third-order valence-corrected chi connectivity index (χ3v) is 3.60. The van der Waals surface area contributed by atoms with E-state index in [0.29, 0.717) is 45.5 Å². The van der Waals surface area contributed by atoms with Crippen molar-refractivity contribution in [3.8, 4) is 0 Å². The summed E-state index contributed by atoms with van der Waals surface area (Å²) < 4.78 is 4.99. The summed E-state index contributed by atoms with van der Waals surface area (Å²) in [6.45, 7) is 3.65. The van der Waals surface area contributed by atoms with E-state index < -0.39 is 5.97 Å². The zero-order valence-electron chi connectivity index (χ0n) is 12.7. The van der Waals surface area contributed by atoms with Gasteiger partial charge in [-0.05, 0) is 26.2 Å². The monoisotopic (exact) mass is 300 g/mol. The lowest BCUT2D eigenvalue weighted by Gasteiger charge is -2.33. The fourth-order valence-corrected chi connectivity index (χ4v) is 2.37. The van der Waals surface area contributed by atoms with Gasteiger partial charge in [-0.3, -0.25) is 9.59 Å². The van der Waals surface area contributed by atoms with Crippen LogP contribution in [0.25, 0.3) is 0 Å². The molecule has 7 nitrogen and oxygen atoms in total. The molecule has 0 radical (unpaired) electrons. The van der Waals surface area contributed by atoms with Crippen LogP contribution < -0.4 is 0 Å². The van der Waals surface area contributed by atoms with E-state index in [-0.39, 0.29) is 24.3 Å². The maximum absolute atomic E-state index is 12.2. The van der Waals surface area contributed by atoms with Crippen molar-refractivity contribution in [1.29, 1.82) is 0 Å². The van der Waals surface area contributed by atoms with Gasteiger partial charge in [0.25, 0.3) is 0 Å². The molecule has 2 amide bonds. The van der Waals surface area contributed by atoms with Crippen LogP contribution in [0, 0.1) is 5.92 Å². The molecule has 1 saturated heterocycles. The molecule has 1 rings (SSSR count). The summed E-state index contributed by atoms with van der Waals surface area (Å²) >= 11 is 0. The minimum absolute atomic E-state index is 0.0581. The molecule has 7 heteroatoms. The number of urea groups is 1. The van der Waals surface area contributed by atoms with Gasteiger partial charge in [-0.1, -0.05) is 0 Å². The summed E-state index contributed by atoms with van der Waals surface area (Å²) in [6, 6.07) is -0.109. The molecule has 0 aromatic carbocycles. The quantitative estimate of drug-likeness (QED) is 0.744. The SMILES string of the molecule is CCOC(=O)C1CCN(C(=O)N(C)CCCC(=O)O)CC1. The van der Waals surface area contributed by atoms with Gasteiger partial charge in [0.2, 0.25) is 0 Å². The van der Waals surface area contributed by atoms with Crippen LogP contribution in [-0.4, -0.2) is 66.2 Å². The predicted molar refractivity (Wildman–Crippen MR) is 75.8 cm³/mol. The maximum atomic E-state index is 12.2. The first-order chi connectivity index (χ1) is 9.95. The number of ether oxygens (including phenoxy) is 1. The molecule has 0 bridgehead atoms. The number of hydrogen-bond acceptors (Lipinski definition) is 4. The van der Waals surface area contributed by atoms with Crippen molar-refractivity contribution in [3.63, 3.8) is 0 Å². The fraction of sp³-hybridized carbons (Fsp3) is 0.786. The molecule has 0 aromatic heterocycles. The lowest BCUT2D eigenvalue weighted by molar-refractivity contribution is -0.149. The summed E-state index contributed by atoms with van der Waals surface area (Å²) in [5, 5.41) is 8.58. The number of amides is 2. The number of nitrogens with zero attached hydrogens (tertiary/aromatic N) is 2. The Bertz CT molecular complexity index is 378. The van der Waals surface area contributed by atoms with E-state index in [2.05, 4.69) is 0 Å². The Morgan fingerprint density at radius 3 is 2.43 bits per heavy atom. The van der Waals surface area contributed by atoms with Crippen LogP contribution in [0.3, 0.4) is 0 Å². The average molecular weight is 300 g/mol. The molecule has 0 atom stereocenters. The highest BCUT2D eigenvalue weighted by molar-refractivity contribution is 5.76. The molecular weight excluding hydrogens is 276 g/mol. The van der Waals surface area contributed by atoms with E-state index in [4.69, 9.17) is 9.84 Å². The fourth-order valence-electron chi connectivity index (χ4n) is 2.37. The van der Waals surface area contributed by atoms with E-state index in [1.165, 1.54) is 4.90 Å². The topological polar surface area (TPSA) is 87.2 Å². The highest BCUT2D eigenvalue weighted by Gasteiger charge is 2.29. The van der Waals surface area contributed by atoms with Crippen molar-refractivity contribution in [3.05, 3.63) is 0 Å². The first-order valence-electron chi connectivity index (χ1n) is 7.34. The Morgan fingerprint density at radius 1 is 1.29 bits per heavy atom. The van der Waals surface area contributed by atoms with Gasteiger partial charge in [0.05, 0.1) is 12.5 Å². The number of rotatable bonds is 6. The Balaban J connectivity index is 2.34. The van der Waals surface area contributed by atoms with Crippen LogP contribution in [0.15, 0.2) is 0 Å². The van der Waals surface area contributed by atoms with Crippen molar-refractivity contribution in [2.24, 2.45) is 5.92 Å². The molecular formula is C14H24N2O5. The van der Waals surface area contributed by atoms with Gasteiger partial charge in [-0.25, -0.2) is 4.79 Å². The molecule has 0 unspecified atom stereocenters. The number of carbonyl (C=O) groups is 3. The zero-order chi connectivity index (χ0) is 15.8. The Kier molecular flexibility index (Phi) is 6.98. The molecule has 1 aliphatic heterocycles. The number of carboxylic acids is 1. The van der Waals surface area contributed by atoms with Gasteiger partial charge in [-0.2, -0.15) is 0 Å². The molecule has 120 valence electrons. The van der Waals surface area contributed by atoms with Gasteiger partial charge in [0.1, 0.15) is 0 Å². The number of carbonyl (C=O) groups excluding carboxylic acids is 2. The van der Waals surface area contributed by atoms with Gasteiger partial charge in [0, 0.05) is 33.1 Å². The summed E-state index contributed by atoms with van der Waals surface area (Å²) in [5.74, 6) is -1.16. The molecule has 1 N–H and O–H groups in total. The summed E-state index contributed by atoms with van der Waals surface area (Å²) in [4.78, 5) is 37.5. The second-order valence-corrected chi connectivity index (χ2v) is 5.21. The maximum Gasteiger partial charge on any atom is 0.319 e. The van der Waals surface area contributed by atoms with Gasteiger partial charge < -0.3 is 19.6 Å². The minimum Gasteiger partial charge on any atom is -0.481 e. The number of hydrogen-bond donors (Lipinski definition) is 1. The summed E-state index contributed by atoms with van der Waals surface area (Å²) in [7, 11) is 1.67. The average Bonchev–Trinajstić information content (AvgIpc) is 2.46. The Hall–Kier alpha value is -1.79. The van der Waals surface area contributed by atoms with E-state index in [9.17, 15) is 14.4 Å². The van der Waals surface area contributed by atoms with Gasteiger partial charge in [0.15, 0.2) is 0 Å². The number of carboxylic acid groups (broad SMARTS) is 1. The molecule has 0 aliphatic carbocycles.